The lowest BCUT2D eigenvalue weighted by Crippen LogP contribution is -2.32. The summed E-state index contributed by atoms with van der Waals surface area (Å²) in [5.41, 5.74) is 1.33. The number of hydrogen-bond donors (Lipinski definition) is 2. The molecule has 2 amide bonds. The van der Waals surface area contributed by atoms with Gasteiger partial charge in [-0.3, -0.25) is 9.59 Å². The van der Waals surface area contributed by atoms with Gasteiger partial charge in [0.05, 0.1) is 0 Å². The first-order valence-corrected chi connectivity index (χ1v) is 8.89. The van der Waals surface area contributed by atoms with Gasteiger partial charge in [-0.25, -0.2) is 0 Å². The van der Waals surface area contributed by atoms with Crippen LogP contribution in [0, 0.1) is 0 Å². The van der Waals surface area contributed by atoms with E-state index in [1.165, 1.54) is 6.92 Å². The fraction of sp³-hybridized carbons (Fsp3) is 0.182. The third-order valence-corrected chi connectivity index (χ3v) is 4.15. The van der Waals surface area contributed by atoms with Crippen molar-refractivity contribution < 1.29 is 14.3 Å². The van der Waals surface area contributed by atoms with Crippen molar-refractivity contribution in [2.75, 3.05) is 10.6 Å². The number of benzene rings is 3. The minimum Gasteiger partial charge on any atom is -0.480 e. The van der Waals surface area contributed by atoms with Gasteiger partial charge < -0.3 is 15.4 Å². The molecule has 5 heteroatoms. The SMILES string of the molecule is CC[C@H](Oc1cccc2ccccc12)C(=O)Nc1ccc(NC(C)=O)cc1. The molecule has 27 heavy (non-hydrogen) atoms. The molecule has 0 aliphatic heterocycles. The molecule has 0 heterocycles. The van der Waals surface area contributed by atoms with Crippen LogP contribution in [-0.2, 0) is 9.59 Å². The van der Waals surface area contributed by atoms with Crippen LogP contribution in [0.2, 0.25) is 0 Å². The van der Waals surface area contributed by atoms with Gasteiger partial charge in [0.2, 0.25) is 5.91 Å². The van der Waals surface area contributed by atoms with Crippen LogP contribution in [0.1, 0.15) is 20.3 Å². The van der Waals surface area contributed by atoms with E-state index in [1.807, 2.05) is 49.4 Å². The quantitative estimate of drug-likeness (QED) is 0.674. The normalized spacial score (nSPS) is 11.6. The molecule has 0 radical (unpaired) electrons. The smallest absolute Gasteiger partial charge is 0.265 e. The third kappa shape index (κ3) is 4.64. The molecule has 0 saturated carbocycles. The molecule has 1 atom stereocenters. The highest BCUT2D eigenvalue weighted by Gasteiger charge is 2.19. The van der Waals surface area contributed by atoms with Gasteiger partial charge in [-0.05, 0) is 42.1 Å². The predicted octanol–water partition coefficient (Wildman–Crippen LogP) is 4.59. The number of carbonyl (C=O) groups is 2. The van der Waals surface area contributed by atoms with Crippen LogP contribution in [-0.4, -0.2) is 17.9 Å². The molecule has 3 rings (SSSR count). The molecule has 0 aliphatic carbocycles. The Morgan fingerprint density at radius 1 is 0.889 bits per heavy atom. The fourth-order valence-electron chi connectivity index (χ4n) is 2.84. The third-order valence-electron chi connectivity index (χ3n) is 4.15. The first-order chi connectivity index (χ1) is 13.1. The van der Waals surface area contributed by atoms with E-state index in [0.717, 1.165) is 10.8 Å². The van der Waals surface area contributed by atoms with Crippen LogP contribution < -0.4 is 15.4 Å². The van der Waals surface area contributed by atoms with Crippen molar-refractivity contribution in [3.63, 3.8) is 0 Å². The lowest BCUT2D eigenvalue weighted by molar-refractivity contribution is -0.122. The Balaban J connectivity index is 1.71. The second kappa shape index (κ2) is 8.36. The van der Waals surface area contributed by atoms with E-state index >= 15 is 0 Å². The molecule has 0 aliphatic rings. The molecule has 0 fully saturated rings. The molecule has 0 aromatic heterocycles. The number of hydrogen-bond acceptors (Lipinski definition) is 3. The van der Waals surface area contributed by atoms with Gasteiger partial charge >= 0.3 is 0 Å². The highest BCUT2D eigenvalue weighted by molar-refractivity contribution is 5.95. The molecular weight excluding hydrogens is 340 g/mol. The van der Waals surface area contributed by atoms with E-state index in [-0.39, 0.29) is 11.8 Å². The van der Waals surface area contributed by atoms with Crippen LogP contribution >= 0.6 is 0 Å². The summed E-state index contributed by atoms with van der Waals surface area (Å²) in [5, 5.41) is 7.60. The summed E-state index contributed by atoms with van der Waals surface area (Å²) in [5.74, 6) is 0.343. The first kappa shape index (κ1) is 18.5. The van der Waals surface area contributed by atoms with Gasteiger partial charge in [0, 0.05) is 23.7 Å². The van der Waals surface area contributed by atoms with Gasteiger partial charge in [-0.1, -0.05) is 43.3 Å². The monoisotopic (exact) mass is 362 g/mol. The van der Waals surface area contributed by atoms with Gasteiger partial charge in [0.25, 0.3) is 5.91 Å². The number of carbonyl (C=O) groups excluding carboxylic acids is 2. The standard InChI is InChI=1S/C22H22N2O3/c1-3-20(27-21-10-6-8-16-7-4-5-9-19(16)21)22(26)24-18-13-11-17(12-14-18)23-15(2)25/h4-14,20H,3H2,1-2H3,(H,23,25)(H,24,26)/t20-/m0/s1. The maximum Gasteiger partial charge on any atom is 0.265 e. The Morgan fingerprint density at radius 3 is 2.19 bits per heavy atom. The predicted molar refractivity (Wildman–Crippen MR) is 108 cm³/mol. The van der Waals surface area contributed by atoms with Crippen molar-refractivity contribution >= 4 is 34.0 Å². The van der Waals surface area contributed by atoms with Gasteiger partial charge in [0.1, 0.15) is 5.75 Å². The zero-order valence-electron chi connectivity index (χ0n) is 15.4. The topological polar surface area (TPSA) is 67.4 Å². The highest BCUT2D eigenvalue weighted by atomic mass is 16.5. The number of anilines is 2. The minimum absolute atomic E-state index is 0.138. The molecule has 0 unspecified atom stereocenters. The van der Waals surface area contributed by atoms with Crippen molar-refractivity contribution in [1.82, 2.24) is 0 Å². The van der Waals surface area contributed by atoms with Crippen molar-refractivity contribution in [1.29, 1.82) is 0 Å². The second-order valence-corrected chi connectivity index (χ2v) is 6.24. The van der Waals surface area contributed by atoms with Gasteiger partial charge in [-0.2, -0.15) is 0 Å². The summed E-state index contributed by atoms with van der Waals surface area (Å²) < 4.78 is 6.02. The Hall–Kier alpha value is -3.34. The number of amides is 2. The first-order valence-electron chi connectivity index (χ1n) is 8.89. The van der Waals surface area contributed by atoms with E-state index in [2.05, 4.69) is 10.6 Å². The Labute approximate surface area is 158 Å². The largest absolute Gasteiger partial charge is 0.480 e. The van der Waals surface area contributed by atoms with Crippen LogP contribution in [0.5, 0.6) is 5.75 Å². The molecule has 0 saturated heterocycles. The Morgan fingerprint density at radius 2 is 1.52 bits per heavy atom. The molecule has 3 aromatic rings. The summed E-state index contributed by atoms with van der Waals surface area (Å²) in [6.07, 6.45) is -0.0650. The summed E-state index contributed by atoms with van der Waals surface area (Å²) in [4.78, 5) is 23.7. The number of fused-ring (bicyclic) bond motifs is 1. The maximum absolute atomic E-state index is 12.6. The average molecular weight is 362 g/mol. The molecule has 3 aromatic carbocycles. The number of rotatable bonds is 6. The summed E-state index contributed by atoms with van der Waals surface area (Å²) >= 11 is 0. The molecule has 0 bridgehead atoms. The van der Waals surface area contributed by atoms with Crippen molar-refractivity contribution in [3.8, 4) is 5.75 Å². The lowest BCUT2D eigenvalue weighted by atomic mass is 10.1. The van der Waals surface area contributed by atoms with Crippen LogP contribution in [0.25, 0.3) is 10.8 Å². The van der Waals surface area contributed by atoms with E-state index in [9.17, 15) is 9.59 Å². The van der Waals surface area contributed by atoms with Gasteiger partial charge in [0.15, 0.2) is 6.10 Å². The highest BCUT2D eigenvalue weighted by Crippen LogP contribution is 2.27. The molecule has 2 N–H and O–H groups in total. The minimum atomic E-state index is -0.606. The van der Waals surface area contributed by atoms with E-state index in [4.69, 9.17) is 4.74 Å². The molecular formula is C22H22N2O3. The summed E-state index contributed by atoms with van der Waals surface area (Å²) in [6.45, 7) is 3.36. The average Bonchev–Trinajstić information content (AvgIpc) is 2.67. The number of nitrogens with one attached hydrogen (secondary N) is 2. The zero-order valence-corrected chi connectivity index (χ0v) is 15.4. The summed E-state index contributed by atoms with van der Waals surface area (Å²) in [6, 6.07) is 20.7. The Bertz CT molecular complexity index is 946. The van der Waals surface area contributed by atoms with Crippen LogP contribution in [0.15, 0.2) is 66.7 Å². The maximum atomic E-state index is 12.6. The van der Waals surface area contributed by atoms with Crippen molar-refractivity contribution in [3.05, 3.63) is 66.7 Å². The lowest BCUT2D eigenvalue weighted by Gasteiger charge is -2.18. The molecule has 5 nitrogen and oxygen atoms in total. The van der Waals surface area contributed by atoms with Crippen LogP contribution in [0.3, 0.4) is 0 Å². The Kier molecular flexibility index (Phi) is 5.71. The second-order valence-electron chi connectivity index (χ2n) is 6.24. The molecule has 138 valence electrons. The van der Waals surface area contributed by atoms with E-state index in [1.54, 1.807) is 24.3 Å². The van der Waals surface area contributed by atoms with Crippen molar-refractivity contribution in [2.24, 2.45) is 0 Å². The zero-order chi connectivity index (χ0) is 19.2. The summed E-state index contributed by atoms with van der Waals surface area (Å²) in [7, 11) is 0. The van der Waals surface area contributed by atoms with E-state index < -0.39 is 6.10 Å². The van der Waals surface area contributed by atoms with Crippen LogP contribution in [0.4, 0.5) is 11.4 Å². The van der Waals surface area contributed by atoms with Gasteiger partial charge in [-0.15, -0.1) is 0 Å². The molecule has 0 spiro atoms. The fourth-order valence-corrected chi connectivity index (χ4v) is 2.84. The van der Waals surface area contributed by atoms with E-state index in [0.29, 0.717) is 23.5 Å². The van der Waals surface area contributed by atoms with Crippen molar-refractivity contribution in [2.45, 2.75) is 26.4 Å². The number of ether oxygens (including phenoxy) is 1.